The maximum Gasteiger partial charge on any atom is 0.238 e. The average molecular weight is 1360 g/mol. The van der Waals surface area contributed by atoms with Gasteiger partial charge < -0.3 is 9.13 Å². The molecule has 0 spiro atoms. The molecule has 21 aromatic rings. The molecule has 496 valence electrons. The van der Waals surface area contributed by atoms with Crippen LogP contribution < -0.4 is 0 Å². The molecule has 0 bridgehead atoms. The number of para-hydroxylation sites is 10. The Kier molecular flexibility index (Phi) is 15.0. The molecule has 0 atom stereocenters. The Balaban J connectivity index is 0.000000141. The normalized spacial score (nSPS) is 11.6. The molecule has 0 radical (unpaired) electrons. The highest BCUT2D eigenvalue weighted by Gasteiger charge is 2.24. The fourth-order valence-electron chi connectivity index (χ4n) is 15.7. The first-order chi connectivity index (χ1) is 52.6. The van der Waals surface area contributed by atoms with Gasteiger partial charge in [-0.05, 0) is 95.1 Å². The summed E-state index contributed by atoms with van der Waals surface area (Å²) >= 11 is 0. The molecule has 0 aliphatic carbocycles. The predicted octanol–water partition coefficient (Wildman–Crippen LogP) is 23.8. The highest BCUT2D eigenvalue weighted by atomic mass is 15.2. The Labute approximate surface area is 610 Å². The standard InChI is InChI=1S/C51H33N5.C45H29N5/c1-2-17-34(18-3-1)37-21-4-5-27-43(37)50-52-49(53-51(54-50)56-47-31-14-9-25-41(47)42-26-10-15-32-48(42)56)36-20-16-19-35(33-36)38-22-6-11-28-44(38)55-45-29-12-7-23-39(45)40-24-8-13-30-46(40)55;1-2-15-30(16-3-1)43-46-44(48-45(47-43)50-41-27-12-7-22-36(41)37-23-8-13-28-42(37)50)32-18-14-17-31(29-32)33-19-4-9-24-38(33)49-39-25-10-5-20-34(39)35-21-6-11-26-40(35)49/h1-33H;1-29H. The molecule has 0 N–H and O–H groups in total. The van der Waals surface area contributed by atoms with Gasteiger partial charge >= 0.3 is 0 Å². The van der Waals surface area contributed by atoms with Crippen molar-refractivity contribution in [1.82, 2.24) is 48.2 Å². The third kappa shape index (κ3) is 10.5. The van der Waals surface area contributed by atoms with Crippen LogP contribution >= 0.6 is 0 Å². The van der Waals surface area contributed by atoms with Crippen LogP contribution in [0.2, 0.25) is 0 Å². The van der Waals surface area contributed by atoms with Crippen molar-refractivity contribution in [2.45, 2.75) is 0 Å². The first-order valence-electron chi connectivity index (χ1n) is 35.7. The van der Waals surface area contributed by atoms with Crippen molar-refractivity contribution >= 4 is 87.2 Å². The molecule has 0 fully saturated rings. The molecule has 0 unspecified atom stereocenters. The number of benzene rings is 15. The van der Waals surface area contributed by atoms with Gasteiger partial charge in [-0.2, -0.15) is 19.9 Å². The molecule has 106 heavy (non-hydrogen) atoms. The number of aromatic nitrogens is 10. The first-order valence-corrected chi connectivity index (χ1v) is 35.7. The van der Waals surface area contributed by atoms with Gasteiger partial charge in [0.2, 0.25) is 11.9 Å². The fraction of sp³-hybridized carbons (Fsp3) is 0. The molecule has 10 nitrogen and oxygen atoms in total. The summed E-state index contributed by atoms with van der Waals surface area (Å²) in [4.78, 5) is 31.2. The Hall–Kier alpha value is -14.5. The summed E-state index contributed by atoms with van der Waals surface area (Å²) < 4.78 is 9.09. The van der Waals surface area contributed by atoms with E-state index in [4.69, 9.17) is 29.9 Å². The van der Waals surface area contributed by atoms with Crippen molar-refractivity contribution in [3.63, 3.8) is 0 Å². The quantitative estimate of drug-likeness (QED) is 0.128. The summed E-state index contributed by atoms with van der Waals surface area (Å²) in [5, 5.41) is 9.58. The van der Waals surface area contributed by atoms with Crippen LogP contribution in [0, 0.1) is 0 Å². The Bertz CT molecular complexity index is 6770. The summed E-state index contributed by atoms with van der Waals surface area (Å²) in [6.07, 6.45) is 0. The smallest absolute Gasteiger partial charge is 0.238 e. The molecule has 6 aromatic heterocycles. The molecule has 0 aliphatic heterocycles. The zero-order valence-electron chi connectivity index (χ0n) is 57.3. The molecular formula is C96H62N10. The van der Waals surface area contributed by atoms with E-state index in [2.05, 4.69) is 358 Å². The van der Waals surface area contributed by atoms with Gasteiger partial charge in [-0.3, -0.25) is 9.13 Å². The lowest BCUT2D eigenvalue weighted by atomic mass is 9.99. The molecule has 0 aliphatic rings. The van der Waals surface area contributed by atoms with Crippen LogP contribution in [0.1, 0.15) is 0 Å². The molecule has 21 rings (SSSR count). The SMILES string of the molecule is c1ccc(-c2ccccc2-c2nc(-c3cccc(-c4ccccc4-n4c5ccccc5c5ccccc54)c3)nc(-n3c4ccccc4c4ccccc43)n2)cc1.c1ccc(-c2nc(-c3cccc(-c4ccccc4-n4c5ccccc5c5ccccc54)c3)nc(-n3c4ccccc4c4ccccc43)n2)cc1. The Morgan fingerprint density at radius 2 is 0.396 bits per heavy atom. The van der Waals surface area contributed by atoms with Crippen LogP contribution in [0.5, 0.6) is 0 Å². The zero-order valence-corrected chi connectivity index (χ0v) is 57.3. The van der Waals surface area contributed by atoms with Crippen LogP contribution in [0.3, 0.4) is 0 Å². The molecule has 0 amide bonds. The Morgan fingerprint density at radius 1 is 0.151 bits per heavy atom. The van der Waals surface area contributed by atoms with Gasteiger partial charge in [0.1, 0.15) is 0 Å². The summed E-state index contributed by atoms with van der Waals surface area (Å²) in [5.74, 6) is 3.62. The number of hydrogen-bond donors (Lipinski definition) is 0. The molecule has 0 saturated heterocycles. The summed E-state index contributed by atoms with van der Waals surface area (Å²) in [6.45, 7) is 0. The second-order valence-electron chi connectivity index (χ2n) is 26.5. The number of nitrogens with zero attached hydrogens (tertiary/aromatic N) is 10. The average Bonchev–Trinajstić information content (AvgIpc) is 1.58. The van der Waals surface area contributed by atoms with Crippen LogP contribution in [-0.4, -0.2) is 48.2 Å². The van der Waals surface area contributed by atoms with E-state index in [0.29, 0.717) is 35.2 Å². The molecule has 0 saturated carbocycles. The summed E-state index contributed by atoms with van der Waals surface area (Å²) in [5.41, 5.74) is 21.4. The number of hydrogen-bond acceptors (Lipinski definition) is 6. The highest BCUT2D eigenvalue weighted by molar-refractivity contribution is 6.13. The minimum Gasteiger partial charge on any atom is -0.309 e. The largest absolute Gasteiger partial charge is 0.309 e. The number of fused-ring (bicyclic) bond motifs is 12. The van der Waals surface area contributed by atoms with Gasteiger partial charge in [-0.15, -0.1) is 0 Å². The third-order valence-corrected chi connectivity index (χ3v) is 20.4. The van der Waals surface area contributed by atoms with E-state index in [0.717, 1.165) is 111 Å². The lowest BCUT2D eigenvalue weighted by molar-refractivity contribution is 0.953. The van der Waals surface area contributed by atoms with Gasteiger partial charge in [0.25, 0.3) is 0 Å². The van der Waals surface area contributed by atoms with Crippen LogP contribution in [-0.2, 0) is 0 Å². The van der Waals surface area contributed by atoms with Crippen molar-refractivity contribution in [2.75, 3.05) is 0 Å². The van der Waals surface area contributed by atoms with Crippen molar-refractivity contribution in [3.8, 4) is 102 Å². The first kappa shape index (κ1) is 61.4. The van der Waals surface area contributed by atoms with E-state index in [1.165, 1.54) is 43.6 Å². The summed E-state index contributed by atoms with van der Waals surface area (Å²) in [7, 11) is 0. The minimum atomic E-state index is 0.571. The van der Waals surface area contributed by atoms with Crippen LogP contribution in [0.4, 0.5) is 0 Å². The Morgan fingerprint density at radius 3 is 0.764 bits per heavy atom. The summed E-state index contributed by atoms with van der Waals surface area (Å²) in [6, 6.07) is 132. The topological polar surface area (TPSA) is 97.1 Å². The fourth-order valence-corrected chi connectivity index (χ4v) is 15.7. The van der Waals surface area contributed by atoms with Crippen molar-refractivity contribution in [1.29, 1.82) is 0 Å². The van der Waals surface area contributed by atoms with Crippen LogP contribution in [0.25, 0.3) is 189 Å². The molecule has 6 heterocycles. The molecule has 10 heteroatoms. The van der Waals surface area contributed by atoms with Crippen LogP contribution in [0.15, 0.2) is 376 Å². The lowest BCUT2D eigenvalue weighted by Gasteiger charge is -2.15. The van der Waals surface area contributed by atoms with Gasteiger partial charge in [0.15, 0.2) is 23.3 Å². The highest BCUT2D eigenvalue weighted by Crippen LogP contribution is 2.42. The molecule has 15 aromatic carbocycles. The zero-order chi connectivity index (χ0) is 70.0. The minimum absolute atomic E-state index is 0.571. The van der Waals surface area contributed by atoms with E-state index in [9.17, 15) is 0 Å². The second kappa shape index (κ2) is 25.8. The van der Waals surface area contributed by atoms with E-state index in [1.54, 1.807) is 0 Å². The van der Waals surface area contributed by atoms with Gasteiger partial charge in [0, 0.05) is 76.5 Å². The monoisotopic (exact) mass is 1350 g/mol. The van der Waals surface area contributed by atoms with Gasteiger partial charge in [0.05, 0.1) is 55.5 Å². The van der Waals surface area contributed by atoms with Gasteiger partial charge in [-0.1, -0.05) is 303 Å². The number of rotatable bonds is 11. The maximum atomic E-state index is 5.30. The van der Waals surface area contributed by atoms with Crippen molar-refractivity contribution < 1.29 is 0 Å². The predicted molar refractivity (Wildman–Crippen MR) is 435 cm³/mol. The maximum absolute atomic E-state index is 5.30. The van der Waals surface area contributed by atoms with E-state index in [1.807, 2.05) is 36.4 Å². The molecular weight excluding hydrogens is 1290 g/mol. The van der Waals surface area contributed by atoms with Crippen molar-refractivity contribution in [3.05, 3.63) is 376 Å². The third-order valence-electron chi connectivity index (χ3n) is 20.4. The van der Waals surface area contributed by atoms with E-state index in [-0.39, 0.29) is 0 Å². The van der Waals surface area contributed by atoms with Crippen molar-refractivity contribution in [2.24, 2.45) is 0 Å². The van der Waals surface area contributed by atoms with Gasteiger partial charge in [-0.25, -0.2) is 9.97 Å². The second-order valence-corrected chi connectivity index (χ2v) is 26.5. The van der Waals surface area contributed by atoms with E-state index >= 15 is 0 Å². The lowest BCUT2D eigenvalue weighted by Crippen LogP contribution is -2.07. The van der Waals surface area contributed by atoms with E-state index < -0.39 is 0 Å².